The van der Waals surface area contributed by atoms with E-state index in [2.05, 4.69) is 15.0 Å². The zero-order valence-electron chi connectivity index (χ0n) is 12.4. The van der Waals surface area contributed by atoms with Crippen molar-refractivity contribution >= 4 is 51.8 Å². The summed E-state index contributed by atoms with van der Waals surface area (Å²) in [5, 5.41) is 2.38. The highest BCUT2D eigenvalue weighted by atomic mass is 127. The number of hydrogen-bond donors (Lipinski definition) is 1. The van der Waals surface area contributed by atoms with Gasteiger partial charge in [0.25, 0.3) is 0 Å². The first-order chi connectivity index (χ1) is 11.3. The monoisotopic (exact) mass is 466 g/mol. The molecular formula is C15H10ClF2IN2O3. The molecule has 0 aliphatic carbocycles. The van der Waals surface area contributed by atoms with Crippen molar-refractivity contribution in [2.24, 2.45) is 0 Å². The Morgan fingerprint density at radius 1 is 1.33 bits per heavy atom. The minimum atomic E-state index is -0.882. The van der Waals surface area contributed by atoms with Crippen LogP contribution in [-0.2, 0) is 9.53 Å². The fraction of sp³-hybridized carbons (Fsp3) is 0.133. The predicted molar refractivity (Wildman–Crippen MR) is 93.0 cm³/mol. The van der Waals surface area contributed by atoms with Gasteiger partial charge in [-0.05, 0) is 34.7 Å². The molecule has 0 saturated heterocycles. The third-order valence-electron chi connectivity index (χ3n) is 2.97. The molecule has 24 heavy (non-hydrogen) atoms. The van der Waals surface area contributed by atoms with Gasteiger partial charge in [-0.25, -0.2) is 18.6 Å². The van der Waals surface area contributed by atoms with Crippen molar-refractivity contribution < 1.29 is 23.1 Å². The summed E-state index contributed by atoms with van der Waals surface area (Å²) < 4.78 is 32.9. The van der Waals surface area contributed by atoms with E-state index in [1.165, 1.54) is 6.92 Å². The van der Waals surface area contributed by atoms with E-state index in [1.807, 2.05) is 0 Å². The van der Waals surface area contributed by atoms with E-state index in [1.54, 1.807) is 22.6 Å². The number of amides is 1. The van der Waals surface area contributed by atoms with Crippen LogP contribution in [0.4, 0.5) is 14.5 Å². The summed E-state index contributed by atoms with van der Waals surface area (Å²) in [7, 11) is 1.12. The maximum Gasteiger partial charge on any atom is 0.357 e. The minimum Gasteiger partial charge on any atom is -0.464 e. The van der Waals surface area contributed by atoms with Crippen LogP contribution in [0.25, 0.3) is 11.1 Å². The van der Waals surface area contributed by atoms with Crippen LogP contribution >= 0.6 is 34.2 Å². The molecule has 1 amide bonds. The largest absolute Gasteiger partial charge is 0.464 e. The molecule has 0 unspecified atom stereocenters. The number of esters is 1. The van der Waals surface area contributed by atoms with Crippen LogP contribution < -0.4 is 5.32 Å². The molecule has 0 saturated carbocycles. The van der Waals surface area contributed by atoms with Crippen molar-refractivity contribution in [3.63, 3.8) is 0 Å². The van der Waals surface area contributed by atoms with Crippen LogP contribution in [0.2, 0.25) is 5.02 Å². The molecule has 1 aromatic carbocycles. The van der Waals surface area contributed by atoms with Gasteiger partial charge >= 0.3 is 5.97 Å². The van der Waals surface area contributed by atoms with Gasteiger partial charge in [0.15, 0.2) is 5.69 Å². The summed E-state index contributed by atoms with van der Waals surface area (Å²) >= 11 is 7.64. The Bertz CT molecular complexity index is 846. The average Bonchev–Trinajstić information content (AvgIpc) is 2.51. The van der Waals surface area contributed by atoms with Crippen molar-refractivity contribution in [3.8, 4) is 11.1 Å². The average molecular weight is 467 g/mol. The van der Waals surface area contributed by atoms with Gasteiger partial charge in [0.05, 0.1) is 21.4 Å². The Kier molecular flexibility index (Phi) is 5.70. The molecule has 0 atom stereocenters. The number of hydrogen-bond acceptors (Lipinski definition) is 4. The van der Waals surface area contributed by atoms with Crippen LogP contribution in [0.15, 0.2) is 18.3 Å². The number of ether oxygens (including phenoxy) is 1. The van der Waals surface area contributed by atoms with Gasteiger partial charge < -0.3 is 10.1 Å². The maximum absolute atomic E-state index is 14.6. The number of nitrogens with zero attached hydrogens (tertiary/aromatic N) is 1. The summed E-state index contributed by atoms with van der Waals surface area (Å²) in [4.78, 5) is 27.3. The van der Waals surface area contributed by atoms with Gasteiger partial charge in [0, 0.05) is 24.2 Å². The number of halogens is 4. The second kappa shape index (κ2) is 7.39. The van der Waals surface area contributed by atoms with E-state index < -0.39 is 23.5 Å². The molecule has 2 rings (SSSR count). The minimum absolute atomic E-state index is 0.00725. The SMILES string of the molecule is COC(=O)c1ncc(Cl)c(NC(C)=O)c1-c1cc(F)cc(I)c1F. The lowest BCUT2D eigenvalue weighted by Crippen LogP contribution is -2.14. The zero-order valence-corrected chi connectivity index (χ0v) is 15.3. The first-order valence-corrected chi connectivity index (χ1v) is 7.91. The summed E-state index contributed by atoms with van der Waals surface area (Å²) in [5.74, 6) is -2.89. The van der Waals surface area contributed by atoms with Crippen molar-refractivity contribution in [3.05, 3.63) is 44.3 Å². The molecule has 0 aliphatic rings. The van der Waals surface area contributed by atoms with Gasteiger partial charge in [-0.2, -0.15) is 0 Å². The summed E-state index contributed by atoms with van der Waals surface area (Å²) in [6.07, 6.45) is 1.12. The van der Waals surface area contributed by atoms with Crippen LogP contribution in [0.5, 0.6) is 0 Å². The molecule has 0 aliphatic heterocycles. The number of carbonyl (C=O) groups is 2. The normalized spacial score (nSPS) is 10.4. The maximum atomic E-state index is 14.6. The molecule has 1 heterocycles. The highest BCUT2D eigenvalue weighted by Crippen LogP contribution is 2.39. The third-order valence-corrected chi connectivity index (χ3v) is 4.05. The lowest BCUT2D eigenvalue weighted by molar-refractivity contribution is -0.114. The Labute approximate surface area is 154 Å². The van der Waals surface area contributed by atoms with Gasteiger partial charge in [0.2, 0.25) is 5.91 Å². The molecule has 0 spiro atoms. The number of benzene rings is 1. The quantitative estimate of drug-likeness (QED) is 0.421. The molecule has 1 N–H and O–H groups in total. The first kappa shape index (κ1) is 18.5. The molecular weight excluding hydrogens is 457 g/mol. The van der Waals surface area contributed by atoms with Gasteiger partial charge in [-0.3, -0.25) is 4.79 Å². The lowest BCUT2D eigenvalue weighted by Gasteiger charge is -2.16. The molecule has 0 fully saturated rings. The van der Waals surface area contributed by atoms with Crippen molar-refractivity contribution in [1.29, 1.82) is 0 Å². The van der Waals surface area contributed by atoms with Crippen molar-refractivity contribution in [2.75, 3.05) is 12.4 Å². The molecule has 0 radical (unpaired) electrons. The Balaban J connectivity index is 2.90. The summed E-state index contributed by atoms with van der Waals surface area (Å²) in [6.45, 7) is 1.21. The van der Waals surface area contributed by atoms with Crippen LogP contribution in [0.3, 0.4) is 0 Å². The Morgan fingerprint density at radius 2 is 2.00 bits per heavy atom. The van der Waals surface area contributed by atoms with E-state index in [0.717, 1.165) is 25.4 Å². The summed E-state index contributed by atoms with van der Waals surface area (Å²) in [5.41, 5.74) is -0.774. The second-order valence-corrected chi connectivity index (χ2v) is 6.20. The second-order valence-electron chi connectivity index (χ2n) is 4.63. The van der Waals surface area contributed by atoms with Crippen molar-refractivity contribution in [1.82, 2.24) is 4.98 Å². The number of carbonyl (C=O) groups excluding carboxylic acids is 2. The predicted octanol–water partition coefficient (Wildman–Crippen LogP) is 4.03. The standard InChI is InChI=1S/C15H10ClF2IN2O3/c1-6(22)21-13-9(16)5-20-14(15(23)24-2)11(13)8-3-7(17)4-10(19)12(8)18/h3-5H,1-2H3,(H,20,21,22). The van der Waals surface area contributed by atoms with E-state index in [4.69, 9.17) is 11.6 Å². The molecule has 0 bridgehead atoms. The molecule has 5 nitrogen and oxygen atoms in total. The fourth-order valence-corrected chi connectivity index (χ4v) is 2.82. The van der Waals surface area contributed by atoms with E-state index in [0.29, 0.717) is 0 Å². The van der Waals surface area contributed by atoms with Crippen LogP contribution in [0, 0.1) is 15.2 Å². The molecule has 126 valence electrons. The number of nitrogens with one attached hydrogen (secondary N) is 1. The van der Waals surface area contributed by atoms with Gasteiger partial charge in [-0.1, -0.05) is 11.6 Å². The van der Waals surface area contributed by atoms with E-state index in [-0.39, 0.29) is 31.1 Å². The smallest absolute Gasteiger partial charge is 0.357 e. The number of pyridine rings is 1. The molecule has 2 aromatic rings. The Hall–Kier alpha value is -1.81. The number of rotatable bonds is 3. The molecule has 9 heteroatoms. The number of aromatic nitrogens is 1. The van der Waals surface area contributed by atoms with E-state index >= 15 is 0 Å². The van der Waals surface area contributed by atoms with Crippen LogP contribution in [0.1, 0.15) is 17.4 Å². The number of anilines is 1. The summed E-state index contributed by atoms with van der Waals surface area (Å²) in [6, 6.07) is 1.88. The fourth-order valence-electron chi connectivity index (χ4n) is 2.04. The Morgan fingerprint density at radius 3 is 2.58 bits per heavy atom. The lowest BCUT2D eigenvalue weighted by atomic mass is 10.0. The highest BCUT2D eigenvalue weighted by Gasteiger charge is 2.25. The van der Waals surface area contributed by atoms with Crippen LogP contribution in [-0.4, -0.2) is 24.0 Å². The first-order valence-electron chi connectivity index (χ1n) is 6.45. The van der Waals surface area contributed by atoms with Crippen molar-refractivity contribution in [2.45, 2.75) is 6.92 Å². The topological polar surface area (TPSA) is 68.3 Å². The zero-order chi connectivity index (χ0) is 18.0. The van der Waals surface area contributed by atoms with Gasteiger partial charge in [-0.15, -0.1) is 0 Å². The highest BCUT2D eigenvalue weighted by molar-refractivity contribution is 14.1. The van der Waals surface area contributed by atoms with E-state index in [9.17, 15) is 18.4 Å². The number of methoxy groups -OCH3 is 1. The molecule has 1 aromatic heterocycles. The third kappa shape index (κ3) is 3.64. The van der Waals surface area contributed by atoms with Gasteiger partial charge in [0.1, 0.15) is 11.6 Å².